The maximum Gasteiger partial charge on any atom is 0.344 e. The molecule has 9 aliphatic rings. The van der Waals surface area contributed by atoms with Crippen LogP contribution in [0, 0.1) is 70.6 Å². The molecular formula is C41H45F19N8O2S. The highest BCUT2D eigenvalue weighted by molar-refractivity contribution is 8.00. The van der Waals surface area contributed by atoms with Crippen LogP contribution in [0.2, 0.25) is 0 Å². The van der Waals surface area contributed by atoms with E-state index in [-0.39, 0.29) is 0 Å². The van der Waals surface area contributed by atoms with Gasteiger partial charge >= 0.3 is 5.97 Å². The fourth-order valence-electron chi connectivity index (χ4n) is 13.2. The zero-order chi connectivity index (χ0) is 51.3. The van der Waals surface area contributed by atoms with Crippen LogP contribution in [0.1, 0.15) is 23.7 Å². The molecule has 5 saturated heterocycles. The van der Waals surface area contributed by atoms with E-state index in [1.54, 1.807) is 0 Å². The quantitative estimate of drug-likeness (QED) is 0.0961. The highest BCUT2D eigenvalue weighted by Crippen LogP contribution is 2.54. The zero-order valence-electron chi connectivity index (χ0n) is 36.2. The van der Waals surface area contributed by atoms with E-state index in [0.717, 1.165) is 0 Å². The molecule has 1 aromatic rings. The zero-order valence-corrected chi connectivity index (χ0v) is 37.0. The molecule has 0 amide bonds. The molecule has 10 nitrogen and oxygen atoms in total. The molecule has 0 radical (unpaired) electrons. The Kier molecular flexibility index (Phi) is 13.8. The van der Waals surface area contributed by atoms with Crippen LogP contribution in [0.5, 0.6) is 0 Å². The lowest BCUT2D eigenvalue weighted by Crippen LogP contribution is -2.62. The molecular weight excluding hydrogens is 1030 g/mol. The number of thioether (sulfide) groups is 1. The van der Waals surface area contributed by atoms with Gasteiger partial charge in [0, 0.05) is 41.4 Å². The van der Waals surface area contributed by atoms with Crippen molar-refractivity contribution in [1.82, 2.24) is 42.3 Å². The number of fused-ring (bicyclic) bond motifs is 20. The number of esters is 1. The van der Waals surface area contributed by atoms with Gasteiger partial charge < -0.3 is 4.74 Å². The average molecular weight is 1070 g/mol. The van der Waals surface area contributed by atoms with E-state index in [0.29, 0.717) is 0 Å². The van der Waals surface area contributed by atoms with E-state index in [1.807, 2.05) is 0 Å². The van der Waals surface area contributed by atoms with Crippen LogP contribution in [0.3, 0.4) is 0 Å². The summed E-state index contributed by atoms with van der Waals surface area (Å²) in [6.07, 6.45) is -60.2. The van der Waals surface area contributed by atoms with Gasteiger partial charge in [-0.05, 0) is 19.3 Å². The van der Waals surface area contributed by atoms with Crippen LogP contribution >= 0.6 is 11.8 Å². The number of alkyl halides is 14. The first kappa shape index (κ1) is 51.9. The smallest absolute Gasteiger partial charge is 0.344 e. The lowest BCUT2D eigenvalue weighted by molar-refractivity contribution is -0.0973. The molecule has 1 aromatic carbocycles. The molecule has 31 unspecified atom stereocenters. The van der Waals surface area contributed by atoms with E-state index in [9.17, 15) is 4.79 Å². The Morgan fingerprint density at radius 3 is 1.31 bits per heavy atom. The number of benzene rings is 1. The SMILES string of the molecule is CCOC(=O)c1c(F)c(F)c(SC2C(F)C(F)C(F)C3C4NC5NC(NC6C7C(F)C(F)C(F)C(F)C7C(NC7NC(NC(N4)C23)C2C(F)C(F)C(F)C(F)C72)N6F)C2C(F)C(F)C(F)CC52)c(F)c1F. The summed E-state index contributed by atoms with van der Waals surface area (Å²) in [5.41, 5.74) is -1.85. The van der Waals surface area contributed by atoms with Crippen molar-refractivity contribution in [2.24, 2.45) is 47.3 Å². The van der Waals surface area contributed by atoms with Gasteiger partial charge in [-0.15, -0.1) is 21.4 Å². The van der Waals surface area contributed by atoms with Crippen LogP contribution in [-0.2, 0) is 4.74 Å². The van der Waals surface area contributed by atoms with Crippen molar-refractivity contribution in [3.8, 4) is 0 Å². The van der Waals surface area contributed by atoms with Crippen molar-refractivity contribution in [1.29, 1.82) is 0 Å². The van der Waals surface area contributed by atoms with Gasteiger partial charge in [0.1, 0.15) is 54.9 Å². The van der Waals surface area contributed by atoms with Gasteiger partial charge in [-0.25, -0.2) is 83.8 Å². The third-order valence-electron chi connectivity index (χ3n) is 16.4. The third kappa shape index (κ3) is 7.78. The standard InChI is InChI=1S/C41H45F19N8O2S/c1-2-70-41(69)13-21(50)28(57)32(29(58)22(13)51)71-31-12-9(18(47)27(56)30(31)59)36-62-33-4-3-5(42)14(43)15(44)6(4)34(61-33)66-39-10-11(20(49)26(55)25(54)19(10)48)40(68(39)60)67-37-8-7(35(63-37)64-38(12)65-36)16(45)23(52)24(53)17(8)46/h4-12,14-20,23-27,30-31,33-40,61-67H,2-3H2,1H3. The van der Waals surface area contributed by atoms with E-state index in [2.05, 4.69) is 42.0 Å². The van der Waals surface area contributed by atoms with Gasteiger partial charge in [-0.2, -0.15) is 0 Å². The van der Waals surface area contributed by atoms with Crippen LogP contribution < -0.4 is 37.2 Å². The number of rotatable bonds is 4. The molecule has 7 N–H and O–H groups in total. The molecule has 4 saturated carbocycles. The maximum absolute atomic E-state index is 17.0. The molecule has 5 aliphatic heterocycles. The van der Waals surface area contributed by atoms with Crippen LogP contribution in [0.25, 0.3) is 0 Å². The predicted octanol–water partition coefficient (Wildman–Crippen LogP) is 4.98. The van der Waals surface area contributed by atoms with Crippen molar-refractivity contribution >= 4 is 17.7 Å². The number of ether oxygens (including phenoxy) is 1. The second-order valence-electron chi connectivity index (χ2n) is 19.8. The lowest BCUT2D eigenvalue weighted by atomic mass is 9.72. The summed E-state index contributed by atoms with van der Waals surface area (Å²) in [5.74, 6) is -27.7. The van der Waals surface area contributed by atoms with Gasteiger partial charge in [0.2, 0.25) is 0 Å². The third-order valence-corrected chi connectivity index (χ3v) is 17.8. The van der Waals surface area contributed by atoms with Crippen LogP contribution in [-0.4, -0.2) is 159 Å². The van der Waals surface area contributed by atoms with Crippen molar-refractivity contribution in [2.75, 3.05) is 6.61 Å². The minimum atomic E-state index is -3.27. The predicted molar refractivity (Wildman–Crippen MR) is 208 cm³/mol. The number of hydrogen-bond acceptors (Lipinski definition) is 11. The number of hydrogen-bond donors (Lipinski definition) is 7. The first-order valence-corrected chi connectivity index (χ1v) is 23.8. The summed E-state index contributed by atoms with van der Waals surface area (Å²) in [4.78, 5) is 10.6. The molecule has 0 aromatic heterocycles. The van der Waals surface area contributed by atoms with Gasteiger partial charge in [0.25, 0.3) is 0 Å². The number of nitrogens with one attached hydrogen (secondary N) is 7. The average Bonchev–Trinajstić information content (AvgIpc) is 4.05. The molecule has 0 spiro atoms. The molecule has 71 heavy (non-hydrogen) atoms. The molecule has 4 aliphatic carbocycles. The van der Waals surface area contributed by atoms with E-state index in [4.69, 9.17) is 0 Å². The van der Waals surface area contributed by atoms with Crippen molar-refractivity contribution in [2.45, 2.75) is 159 Å². The number of halogens is 19. The first-order valence-electron chi connectivity index (χ1n) is 22.9. The number of carbonyl (C=O) groups excluding carboxylic acids is 1. The van der Waals surface area contributed by atoms with E-state index < -0.39 is 258 Å². The minimum Gasteiger partial charge on any atom is -0.462 e. The Labute approximate surface area is 394 Å². The second kappa shape index (κ2) is 18.9. The van der Waals surface area contributed by atoms with Crippen LogP contribution in [0.4, 0.5) is 83.5 Å². The maximum atomic E-state index is 17.0. The summed E-state index contributed by atoms with van der Waals surface area (Å²) >= 11 is -0.425. The van der Waals surface area contributed by atoms with Gasteiger partial charge in [-0.3, -0.25) is 37.2 Å². The lowest BCUT2D eigenvalue weighted by Gasteiger charge is -2.44. The summed E-state index contributed by atoms with van der Waals surface area (Å²) in [5, 5.41) is 15.2. The molecule has 8 bridgehead atoms. The molecule has 9 fully saturated rings. The highest BCUT2D eigenvalue weighted by atomic mass is 32.2. The minimum absolute atomic E-state index is 0.420. The Bertz CT molecular complexity index is 2170. The van der Waals surface area contributed by atoms with E-state index >= 15 is 83.5 Å². The molecule has 400 valence electrons. The first-order chi connectivity index (χ1) is 33.5. The molecule has 10 rings (SSSR count). The topological polar surface area (TPSA) is 114 Å². The summed E-state index contributed by atoms with van der Waals surface area (Å²) < 4.78 is 306. The monoisotopic (exact) mass is 1070 g/mol. The largest absolute Gasteiger partial charge is 0.462 e. The normalized spacial score (nSPS) is 53.7. The number of nitrogens with zero attached hydrogens (tertiary/aromatic N) is 1. The van der Waals surface area contributed by atoms with Gasteiger partial charge in [0.05, 0.1) is 66.1 Å². The van der Waals surface area contributed by atoms with E-state index in [1.165, 1.54) is 6.92 Å². The summed E-state index contributed by atoms with van der Waals surface area (Å²) in [6, 6.07) is 0. The van der Waals surface area contributed by atoms with Crippen LogP contribution in [0.15, 0.2) is 4.90 Å². The van der Waals surface area contributed by atoms with Gasteiger partial charge in [0.15, 0.2) is 60.3 Å². The summed E-state index contributed by atoms with van der Waals surface area (Å²) in [6.45, 7) is 0.650. The van der Waals surface area contributed by atoms with Crippen molar-refractivity contribution < 1.29 is 93.0 Å². The Balaban J connectivity index is 1.10. The second-order valence-corrected chi connectivity index (χ2v) is 21.0. The van der Waals surface area contributed by atoms with Crippen molar-refractivity contribution in [3.05, 3.63) is 28.8 Å². The summed E-state index contributed by atoms with van der Waals surface area (Å²) in [7, 11) is 0. The molecule has 31 atom stereocenters. The fourth-order valence-corrected chi connectivity index (χ4v) is 14.7. The Morgan fingerprint density at radius 1 is 0.479 bits per heavy atom. The Hall–Kier alpha value is -2.61. The molecule has 5 heterocycles. The fraction of sp³-hybridized carbons (Fsp3) is 0.829. The highest BCUT2D eigenvalue weighted by Gasteiger charge is 2.70. The van der Waals surface area contributed by atoms with Crippen molar-refractivity contribution in [3.63, 3.8) is 0 Å². The molecule has 30 heteroatoms. The Morgan fingerprint density at radius 2 is 0.845 bits per heavy atom. The number of carbonyl (C=O) groups is 1. The van der Waals surface area contributed by atoms with Gasteiger partial charge in [-0.1, -0.05) is 0 Å².